The second-order valence-electron chi connectivity index (χ2n) is 20.5. The van der Waals surface area contributed by atoms with Crippen molar-refractivity contribution in [3.63, 3.8) is 0 Å². The van der Waals surface area contributed by atoms with Gasteiger partial charge in [-0.25, -0.2) is 0 Å². The maximum Gasteiger partial charge on any atom is 0.245 e. The van der Waals surface area contributed by atoms with E-state index in [0.29, 0.717) is 12.3 Å². The first-order chi connectivity index (χ1) is 37.8. The quantitative estimate of drug-likeness (QED) is 0.0378. The van der Waals surface area contributed by atoms with Crippen molar-refractivity contribution in [1.82, 2.24) is 58.5 Å². The van der Waals surface area contributed by atoms with Gasteiger partial charge in [0.15, 0.2) is 0 Å². The van der Waals surface area contributed by atoms with Crippen LogP contribution in [0.1, 0.15) is 119 Å². The van der Waals surface area contributed by atoms with Crippen LogP contribution in [-0.4, -0.2) is 199 Å². The number of nitrogens with one attached hydrogen (secondary N) is 11. The second-order valence-corrected chi connectivity index (χ2v) is 20.5. The summed E-state index contributed by atoms with van der Waals surface area (Å²) in [6.07, 6.45) is -2.85. The van der Waals surface area contributed by atoms with Crippen LogP contribution in [0.2, 0.25) is 0 Å². The van der Waals surface area contributed by atoms with Crippen molar-refractivity contribution in [1.29, 1.82) is 0 Å². The predicted octanol–water partition coefficient (Wildman–Crippen LogP) is -7.34. The third-order valence-corrected chi connectivity index (χ3v) is 13.7. The molecule has 11 amide bonds. The fourth-order valence-corrected chi connectivity index (χ4v) is 8.79. The molecule has 5 unspecified atom stereocenters. The van der Waals surface area contributed by atoms with E-state index in [0.717, 1.165) is 19.3 Å². The molecular weight excluding hydrogens is 1050 g/mol. The number of carbonyl (C=O) groups is 11. The van der Waals surface area contributed by atoms with Gasteiger partial charge in [0, 0.05) is 19.4 Å². The van der Waals surface area contributed by atoms with E-state index in [4.69, 9.17) is 33.4 Å². The van der Waals surface area contributed by atoms with Gasteiger partial charge in [-0.2, -0.15) is 0 Å². The molecule has 456 valence electrons. The van der Waals surface area contributed by atoms with Gasteiger partial charge in [-0.15, -0.1) is 0 Å². The van der Waals surface area contributed by atoms with Gasteiger partial charge in [-0.3, -0.25) is 52.7 Å². The average Bonchev–Trinajstić information content (AvgIpc) is 3.39. The molecule has 15 atom stereocenters. The molecule has 2 aliphatic rings. The van der Waals surface area contributed by atoms with Gasteiger partial charge in [0.1, 0.15) is 60.4 Å². The number of unbranched alkanes of at least 4 members (excludes halogenated alkanes) is 1. The van der Waals surface area contributed by atoms with Crippen molar-refractivity contribution in [3.05, 3.63) is 0 Å². The highest BCUT2D eigenvalue weighted by molar-refractivity contribution is 5.99. The summed E-state index contributed by atoms with van der Waals surface area (Å²) in [4.78, 5) is 152. The molecule has 0 aromatic heterocycles. The molecule has 2 heterocycles. The number of ether oxygens (including phenoxy) is 1. The highest BCUT2D eigenvalue weighted by Gasteiger charge is 2.40. The standard InChI is InChI=1S/C50H92N16O14/c1-7-25(2)10-8-9-11-37(69)57-30(12-18-51)45(74)65-39(28(5)68)49(78)61-32(14-20-53)42(71)60-35-17-23-56-48(77)38(27(4)67)64-46(75)34(16-22-55)59-41(70)33(15-21-54)62-50(79)40-29(6)80-26(3)24-36(47(76)66-40)63-43(72)31(13-19-52)58-44(35)73/h25-36,38-40,67-68H,7-24,51-55H2,1-6H3,(H,56,77)(H,57,69)(H,58,73)(H,59,70)(H,60,71)(H,61,78)(H,62,79)(H,63,72)(H,64,75)(H,65,74)(H,66,76)/t25?,26?,27?,28?,29?,30-,31-,32+,33-,34-,35-,36+,38-,39-,40-/m0/s1. The van der Waals surface area contributed by atoms with Crippen molar-refractivity contribution < 1.29 is 67.7 Å². The first kappa shape index (κ1) is 70.0. The normalized spacial score (nSPS) is 26.3. The highest BCUT2D eigenvalue weighted by atomic mass is 16.5. The van der Waals surface area contributed by atoms with Gasteiger partial charge in [0.2, 0.25) is 65.0 Å². The van der Waals surface area contributed by atoms with E-state index in [1.807, 2.05) is 0 Å². The van der Waals surface area contributed by atoms with Crippen LogP contribution in [-0.2, 0) is 57.5 Å². The number of amides is 11. The van der Waals surface area contributed by atoms with Gasteiger partial charge >= 0.3 is 0 Å². The maximum absolute atomic E-state index is 14.3. The van der Waals surface area contributed by atoms with Crippen LogP contribution in [0.25, 0.3) is 0 Å². The van der Waals surface area contributed by atoms with Crippen LogP contribution in [0.3, 0.4) is 0 Å². The van der Waals surface area contributed by atoms with E-state index in [1.165, 1.54) is 20.8 Å². The third kappa shape index (κ3) is 23.5. The van der Waals surface area contributed by atoms with Crippen molar-refractivity contribution in [2.75, 3.05) is 39.3 Å². The third-order valence-electron chi connectivity index (χ3n) is 13.7. The molecule has 80 heavy (non-hydrogen) atoms. The number of hydrogen-bond acceptors (Lipinski definition) is 19. The van der Waals surface area contributed by atoms with Crippen molar-refractivity contribution in [2.45, 2.75) is 203 Å². The predicted molar refractivity (Wildman–Crippen MR) is 291 cm³/mol. The molecule has 2 fully saturated rings. The second kappa shape index (κ2) is 36.3. The summed E-state index contributed by atoms with van der Waals surface area (Å²) < 4.78 is 6.02. The fraction of sp³-hybridized carbons (Fsp3) is 0.780. The Labute approximate surface area is 467 Å². The summed E-state index contributed by atoms with van der Waals surface area (Å²) in [6.45, 7) is 8.50. The zero-order chi connectivity index (χ0) is 60.2. The molecule has 0 aromatic rings. The molecule has 0 aromatic carbocycles. The number of hydrogen-bond donors (Lipinski definition) is 18. The molecular formula is C50H92N16O14. The Morgan fingerprint density at radius 2 is 1.15 bits per heavy atom. The average molecular weight is 1140 g/mol. The van der Waals surface area contributed by atoms with E-state index >= 15 is 0 Å². The lowest BCUT2D eigenvalue weighted by molar-refractivity contribution is -0.142. The number of rotatable bonds is 25. The summed E-state index contributed by atoms with van der Waals surface area (Å²) in [6, 6.07) is -14.9. The van der Waals surface area contributed by atoms with Crippen LogP contribution >= 0.6 is 0 Å². The van der Waals surface area contributed by atoms with Crippen molar-refractivity contribution in [2.24, 2.45) is 34.6 Å². The highest BCUT2D eigenvalue weighted by Crippen LogP contribution is 2.16. The summed E-state index contributed by atoms with van der Waals surface area (Å²) in [7, 11) is 0. The number of carbonyl (C=O) groups excluding carboxylic acids is 11. The summed E-state index contributed by atoms with van der Waals surface area (Å²) in [5.74, 6) is -9.38. The molecule has 2 rings (SSSR count). The zero-order valence-corrected chi connectivity index (χ0v) is 47.1. The number of aliphatic hydroxyl groups excluding tert-OH is 2. The first-order valence-electron chi connectivity index (χ1n) is 27.7. The topological polar surface area (TPSA) is 500 Å². The Balaban J connectivity index is 2.58. The van der Waals surface area contributed by atoms with Gasteiger partial charge in [-0.1, -0.05) is 33.1 Å². The Morgan fingerprint density at radius 3 is 1.69 bits per heavy atom. The minimum absolute atomic E-state index is 0.0159. The number of aliphatic hydroxyl groups is 2. The molecule has 30 heteroatoms. The number of fused-ring (bicyclic) bond motifs is 3. The monoisotopic (exact) mass is 1140 g/mol. The Bertz CT molecular complexity index is 2070. The fourth-order valence-electron chi connectivity index (χ4n) is 8.79. The largest absolute Gasteiger partial charge is 0.391 e. The lowest BCUT2D eigenvalue weighted by Crippen LogP contribution is -2.64. The van der Waals surface area contributed by atoms with Gasteiger partial charge in [0.25, 0.3) is 0 Å². The first-order valence-corrected chi connectivity index (χ1v) is 27.7. The van der Waals surface area contributed by atoms with Crippen molar-refractivity contribution in [3.8, 4) is 0 Å². The molecule has 2 aliphatic heterocycles. The Morgan fingerprint density at radius 1 is 0.613 bits per heavy atom. The van der Waals surface area contributed by atoms with Crippen LogP contribution in [0.4, 0.5) is 0 Å². The summed E-state index contributed by atoms with van der Waals surface area (Å²) in [5, 5.41) is 49.0. The van der Waals surface area contributed by atoms with Gasteiger partial charge in [0.05, 0.1) is 24.4 Å². The van der Waals surface area contributed by atoms with E-state index in [-0.39, 0.29) is 77.7 Å². The van der Waals surface area contributed by atoms with Gasteiger partial charge in [-0.05, 0) is 111 Å². The van der Waals surface area contributed by atoms with Crippen LogP contribution in [0, 0.1) is 5.92 Å². The van der Waals surface area contributed by atoms with Crippen LogP contribution in [0.15, 0.2) is 0 Å². The number of nitrogens with two attached hydrogens (primary N) is 5. The molecule has 0 aliphatic carbocycles. The van der Waals surface area contributed by atoms with E-state index in [2.05, 4.69) is 72.3 Å². The SMILES string of the molecule is CCC(C)CCCCC(=O)N[C@@H](CCN)C(=O)N[C@H](C(=O)N[C@H](CCN)C(=O)N[C@H]1CCNC(=O)[C@H](C(C)O)NC(=O)[C@H](CCN)NC(=O)[C@H](CCN)NC(=O)[C@H]2NC(=O)[C@@H](CC(C)OC2C)NC(=O)[C@H](CCN)NC1=O)C(C)O. The van der Waals surface area contributed by atoms with E-state index in [9.17, 15) is 63.0 Å². The summed E-state index contributed by atoms with van der Waals surface area (Å²) in [5.41, 5.74) is 29.1. The molecule has 0 saturated carbocycles. The molecule has 30 nitrogen and oxygen atoms in total. The van der Waals surface area contributed by atoms with Gasteiger partial charge < -0.3 is 102 Å². The van der Waals surface area contributed by atoms with Crippen molar-refractivity contribution >= 4 is 65.0 Å². The maximum atomic E-state index is 14.3. The lowest BCUT2D eigenvalue weighted by atomic mass is 10.0. The Kier molecular flexibility index (Phi) is 31.7. The van der Waals surface area contributed by atoms with Crippen LogP contribution in [0.5, 0.6) is 0 Å². The summed E-state index contributed by atoms with van der Waals surface area (Å²) >= 11 is 0. The molecule has 2 saturated heterocycles. The van der Waals surface area contributed by atoms with E-state index < -0.39 is 163 Å². The molecule has 0 radical (unpaired) electrons. The Hall–Kier alpha value is -6.15. The molecule has 2 bridgehead atoms. The minimum atomic E-state index is -1.70. The van der Waals surface area contributed by atoms with Crippen LogP contribution < -0.4 is 87.2 Å². The zero-order valence-electron chi connectivity index (χ0n) is 47.1. The van der Waals surface area contributed by atoms with E-state index in [1.54, 1.807) is 6.92 Å². The molecule has 0 spiro atoms. The minimum Gasteiger partial charge on any atom is -0.391 e. The molecule has 23 N–H and O–H groups in total. The lowest BCUT2D eigenvalue weighted by Gasteiger charge is -2.34. The smallest absolute Gasteiger partial charge is 0.245 e.